The van der Waals surface area contributed by atoms with Crippen LogP contribution in [0.4, 0.5) is 0 Å². The van der Waals surface area contributed by atoms with Crippen molar-refractivity contribution in [1.29, 1.82) is 0 Å². The van der Waals surface area contributed by atoms with Gasteiger partial charge in [0.25, 0.3) is 5.91 Å². The lowest BCUT2D eigenvalue weighted by atomic mass is 10.1. The first kappa shape index (κ1) is 9.56. The Kier molecular flexibility index (Phi) is 2.89. The van der Waals surface area contributed by atoms with Crippen LogP contribution in [-0.2, 0) is 0 Å². The van der Waals surface area contributed by atoms with E-state index in [9.17, 15) is 4.79 Å². The number of carbonyl (C=O) groups excluding carboxylic acids is 1. The Balaban J connectivity index is 2.98. The highest BCUT2D eigenvalue weighted by molar-refractivity contribution is 6.34. The second-order valence-corrected chi connectivity index (χ2v) is 2.30. The standard InChI is InChI=1S/C7H8BNO4/c9-7(10)5-3-1-2-4-6(5)13-8(11)12/h1-4,11-12H,(H2,9,10). The summed E-state index contributed by atoms with van der Waals surface area (Å²) in [6, 6.07) is 6.03. The maximum Gasteiger partial charge on any atom is 0.707 e. The number of hydrogen-bond donors (Lipinski definition) is 3. The summed E-state index contributed by atoms with van der Waals surface area (Å²) in [5.41, 5.74) is 5.12. The van der Waals surface area contributed by atoms with Crippen LogP contribution in [-0.4, -0.2) is 23.3 Å². The third-order valence-corrected chi connectivity index (χ3v) is 1.38. The van der Waals surface area contributed by atoms with E-state index < -0.39 is 13.2 Å². The lowest BCUT2D eigenvalue weighted by Gasteiger charge is -2.07. The van der Waals surface area contributed by atoms with Crippen LogP contribution < -0.4 is 10.4 Å². The van der Waals surface area contributed by atoms with Crippen molar-refractivity contribution in [2.75, 3.05) is 0 Å². The molecule has 0 aliphatic carbocycles. The van der Waals surface area contributed by atoms with Gasteiger partial charge < -0.3 is 20.4 Å². The molecule has 13 heavy (non-hydrogen) atoms. The molecule has 0 aliphatic rings. The van der Waals surface area contributed by atoms with Crippen LogP contribution in [0.5, 0.6) is 5.75 Å². The summed E-state index contributed by atoms with van der Waals surface area (Å²) in [6.07, 6.45) is 0. The maximum absolute atomic E-state index is 10.8. The van der Waals surface area contributed by atoms with E-state index in [4.69, 9.17) is 15.8 Å². The van der Waals surface area contributed by atoms with Crippen molar-refractivity contribution in [3.05, 3.63) is 29.8 Å². The van der Waals surface area contributed by atoms with Gasteiger partial charge in [0.2, 0.25) is 0 Å². The number of amides is 1. The lowest BCUT2D eigenvalue weighted by Crippen LogP contribution is -2.23. The van der Waals surface area contributed by atoms with Crippen molar-refractivity contribution >= 4 is 13.2 Å². The van der Waals surface area contributed by atoms with Gasteiger partial charge in [-0.1, -0.05) is 12.1 Å². The zero-order valence-electron chi connectivity index (χ0n) is 6.68. The molecule has 0 saturated heterocycles. The molecular weight excluding hydrogens is 173 g/mol. The molecule has 0 radical (unpaired) electrons. The van der Waals surface area contributed by atoms with E-state index >= 15 is 0 Å². The van der Waals surface area contributed by atoms with Crippen molar-refractivity contribution < 1.29 is 19.5 Å². The van der Waals surface area contributed by atoms with Gasteiger partial charge in [0.1, 0.15) is 5.75 Å². The van der Waals surface area contributed by atoms with Gasteiger partial charge in [0, 0.05) is 0 Å². The Hall–Kier alpha value is -1.53. The first-order valence-corrected chi connectivity index (χ1v) is 3.53. The zero-order chi connectivity index (χ0) is 9.84. The van der Waals surface area contributed by atoms with Crippen LogP contribution >= 0.6 is 0 Å². The van der Waals surface area contributed by atoms with E-state index in [0.29, 0.717) is 0 Å². The lowest BCUT2D eigenvalue weighted by molar-refractivity contribution is 0.0998. The Labute approximate surface area is 74.9 Å². The molecular formula is C7H8BNO4. The molecule has 1 aromatic rings. The normalized spacial score (nSPS) is 9.38. The Bertz CT molecular complexity index is 315. The number of nitrogens with two attached hydrogens (primary N) is 1. The van der Waals surface area contributed by atoms with Crippen LogP contribution in [0.3, 0.4) is 0 Å². The van der Waals surface area contributed by atoms with Gasteiger partial charge >= 0.3 is 7.32 Å². The maximum atomic E-state index is 10.8. The summed E-state index contributed by atoms with van der Waals surface area (Å²) in [7, 11) is -1.96. The molecule has 0 saturated carbocycles. The fourth-order valence-electron chi connectivity index (χ4n) is 0.887. The summed E-state index contributed by atoms with van der Waals surface area (Å²) in [5, 5.41) is 17.0. The predicted octanol–water partition coefficient (Wildman–Crippen LogP) is -0.866. The minimum Gasteiger partial charge on any atom is -0.511 e. The van der Waals surface area contributed by atoms with E-state index in [2.05, 4.69) is 4.65 Å². The third kappa shape index (κ3) is 2.46. The average molecular weight is 181 g/mol. The quantitative estimate of drug-likeness (QED) is 0.528. The molecule has 0 aliphatic heterocycles. The highest BCUT2D eigenvalue weighted by Crippen LogP contribution is 2.16. The Morgan fingerprint density at radius 1 is 1.38 bits per heavy atom. The van der Waals surface area contributed by atoms with Crippen molar-refractivity contribution in [3.63, 3.8) is 0 Å². The summed E-state index contributed by atoms with van der Waals surface area (Å²) in [6.45, 7) is 0. The van der Waals surface area contributed by atoms with Gasteiger partial charge in [-0.15, -0.1) is 0 Å². The zero-order valence-corrected chi connectivity index (χ0v) is 6.68. The fourth-order valence-corrected chi connectivity index (χ4v) is 0.887. The van der Waals surface area contributed by atoms with Crippen LogP contribution in [0.2, 0.25) is 0 Å². The molecule has 1 amide bonds. The highest BCUT2D eigenvalue weighted by atomic mass is 16.6. The summed E-state index contributed by atoms with van der Waals surface area (Å²) < 4.78 is 4.52. The number of hydrogen-bond acceptors (Lipinski definition) is 4. The third-order valence-electron chi connectivity index (χ3n) is 1.38. The number of rotatable bonds is 3. The molecule has 0 bridgehead atoms. The fraction of sp³-hybridized carbons (Fsp3) is 0. The number of para-hydroxylation sites is 1. The van der Waals surface area contributed by atoms with Crippen molar-refractivity contribution in [1.82, 2.24) is 0 Å². The Morgan fingerprint density at radius 3 is 2.54 bits per heavy atom. The molecule has 68 valence electrons. The van der Waals surface area contributed by atoms with Gasteiger partial charge in [-0.2, -0.15) is 0 Å². The monoisotopic (exact) mass is 181 g/mol. The average Bonchev–Trinajstić information content (AvgIpc) is 2.03. The number of benzene rings is 1. The second-order valence-electron chi connectivity index (χ2n) is 2.30. The highest BCUT2D eigenvalue weighted by Gasteiger charge is 2.15. The van der Waals surface area contributed by atoms with E-state index in [1.54, 1.807) is 12.1 Å². The minimum atomic E-state index is -1.96. The number of primary amides is 1. The van der Waals surface area contributed by atoms with Gasteiger partial charge in [0.05, 0.1) is 5.56 Å². The molecule has 1 rings (SSSR count). The van der Waals surface area contributed by atoms with Crippen molar-refractivity contribution in [3.8, 4) is 5.75 Å². The molecule has 6 heteroatoms. The molecule has 0 unspecified atom stereocenters. The van der Waals surface area contributed by atoms with Crippen LogP contribution in [0.25, 0.3) is 0 Å². The van der Waals surface area contributed by atoms with Crippen LogP contribution in [0, 0.1) is 0 Å². The SMILES string of the molecule is NC(=O)c1ccccc1OB(O)O. The minimum absolute atomic E-state index is 0.0463. The number of carbonyl (C=O) groups is 1. The van der Waals surface area contributed by atoms with E-state index in [0.717, 1.165) is 0 Å². The summed E-state index contributed by atoms with van der Waals surface area (Å²) in [5.74, 6) is -0.638. The second kappa shape index (κ2) is 3.93. The molecule has 0 spiro atoms. The van der Waals surface area contributed by atoms with Crippen molar-refractivity contribution in [2.45, 2.75) is 0 Å². The summed E-state index contributed by atoms with van der Waals surface area (Å²) >= 11 is 0. The first-order chi connectivity index (χ1) is 6.11. The van der Waals surface area contributed by atoms with Crippen molar-refractivity contribution in [2.24, 2.45) is 5.73 Å². The van der Waals surface area contributed by atoms with E-state index in [-0.39, 0.29) is 11.3 Å². The summed E-state index contributed by atoms with van der Waals surface area (Å²) in [4.78, 5) is 10.8. The molecule has 5 nitrogen and oxygen atoms in total. The van der Waals surface area contributed by atoms with Gasteiger partial charge in [-0.3, -0.25) is 4.79 Å². The molecule has 0 heterocycles. The van der Waals surface area contributed by atoms with Gasteiger partial charge in [0.15, 0.2) is 0 Å². The van der Waals surface area contributed by atoms with E-state index in [1.165, 1.54) is 12.1 Å². The largest absolute Gasteiger partial charge is 0.707 e. The molecule has 0 fully saturated rings. The molecule has 0 atom stereocenters. The topological polar surface area (TPSA) is 92.8 Å². The van der Waals surface area contributed by atoms with E-state index in [1.807, 2.05) is 0 Å². The van der Waals surface area contributed by atoms with Crippen LogP contribution in [0.15, 0.2) is 24.3 Å². The van der Waals surface area contributed by atoms with Gasteiger partial charge in [-0.05, 0) is 12.1 Å². The molecule has 4 N–H and O–H groups in total. The predicted molar refractivity (Wildman–Crippen MR) is 45.8 cm³/mol. The molecule has 1 aromatic carbocycles. The Morgan fingerprint density at radius 2 is 2.00 bits per heavy atom. The molecule has 0 aromatic heterocycles. The first-order valence-electron chi connectivity index (χ1n) is 3.53. The smallest absolute Gasteiger partial charge is 0.511 e. The van der Waals surface area contributed by atoms with Crippen LogP contribution in [0.1, 0.15) is 10.4 Å². The van der Waals surface area contributed by atoms with Gasteiger partial charge in [-0.25, -0.2) is 0 Å².